The van der Waals surface area contributed by atoms with Gasteiger partial charge in [-0.15, -0.1) is 0 Å². The summed E-state index contributed by atoms with van der Waals surface area (Å²) in [5.74, 6) is -1.23. The third kappa shape index (κ3) is 3.14. The number of hydrogen-bond donors (Lipinski definition) is 1. The van der Waals surface area contributed by atoms with Gasteiger partial charge >= 0.3 is 0 Å². The summed E-state index contributed by atoms with van der Waals surface area (Å²) in [7, 11) is -3.94. The Morgan fingerprint density at radius 1 is 0.964 bits per heavy atom. The van der Waals surface area contributed by atoms with Gasteiger partial charge in [0.25, 0.3) is 0 Å². The number of furan rings is 1. The van der Waals surface area contributed by atoms with E-state index in [1.165, 1.54) is 6.92 Å². The summed E-state index contributed by atoms with van der Waals surface area (Å²) < 4.78 is 44.0. The number of rotatable bonds is 4. The lowest BCUT2D eigenvalue weighted by Gasteiger charge is -2.13. The molecule has 4 aromatic rings. The molecule has 0 saturated carbocycles. The lowest BCUT2D eigenvalue weighted by Crippen LogP contribution is -2.32. The largest absolute Gasteiger partial charge is 0.456 e. The van der Waals surface area contributed by atoms with Crippen LogP contribution < -0.4 is 5.32 Å². The Hall–Kier alpha value is -3.19. The molecule has 0 spiro atoms. The molecule has 0 aliphatic rings. The smallest absolute Gasteiger partial charge is 0.242 e. The van der Waals surface area contributed by atoms with Crippen molar-refractivity contribution in [3.8, 4) is 0 Å². The van der Waals surface area contributed by atoms with Gasteiger partial charge in [0.15, 0.2) is 9.84 Å². The normalized spacial score (nSPS) is 12.9. The molecule has 7 heteroatoms. The van der Waals surface area contributed by atoms with Crippen LogP contribution in [0.15, 0.2) is 76.0 Å². The van der Waals surface area contributed by atoms with Crippen molar-refractivity contribution >= 4 is 43.4 Å². The van der Waals surface area contributed by atoms with Crippen LogP contribution in [0.5, 0.6) is 0 Å². The van der Waals surface area contributed by atoms with Crippen molar-refractivity contribution < 1.29 is 22.0 Å². The molecule has 28 heavy (non-hydrogen) atoms. The fourth-order valence-electron chi connectivity index (χ4n) is 3.02. The molecule has 1 atom stereocenters. The molecule has 3 aromatic carbocycles. The molecule has 1 amide bonds. The predicted molar refractivity (Wildman–Crippen MR) is 105 cm³/mol. The first-order chi connectivity index (χ1) is 13.4. The first-order valence-corrected chi connectivity index (χ1v) is 10.1. The van der Waals surface area contributed by atoms with E-state index in [0.29, 0.717) is 11.3 Å². The lowest BCUT2D eigenvalue weighted by atomic mass is 10.1. The van der Waals surface area contributed by atoms with E-state index in [1.54, 1.807) is 12.1 Å². The number of anilines is 1. The maximum Gasteiger partial charge on any atom is 0.242 e. The van der Waals surface area contributed by atoms with Gasteiger partial charge in [-0.1, -0.05) is 18.2 Å². The van der Waals surface area contributed by atoms with Crippen molar-refractivity contribution in [2.45, 2.75) is 17.1 Å². The summed E-state index contributed by atoms with van der Waals surface area (Å²) in [4.78, 5) is 12.4. The van der Waals surface area contributed by atoms with E-state index in [4.69, 9.17) is 4.42 Å². The van der Waals surface area contributed by atoms with E-state index in [9.17, 15) is 17.6 Å². The fraction of sp³-hybridized carbons (Fsp3) is 0.0952. The van der Waals surface area contributed by atoms with Crippen LogP contribution in [0.2, 0.25) is 0 Å². The number of halogens is 1. The summed E-state index contributed by atoms with van der Waals surface area (Å²) >= 11 is 0. The van der Waals surface area contributed by atoms with Gasteiger partial charge in [-0.3, -0.25) is 4.79 Å². The Labute approximate surface area is 160 Å². The molecular weight excluding hydrogens is 381 g/mol. The number of hydrogen-bond acceptors (Lipinski definition) is 4. The molecule has 142 valence electrons. The number of para-hydroxylation sites is 1. The fourth-order valence-corrected chi connectivity index (χ4v) is 4.28. The second-order valence-corrected chi connectivity index (χ2v) is 8.71. The summed E-state index contributed by atoms with van der Waals surface area (Å²) in [6, 6.07) is 17.1. The second kappa shape index (κ2) is 6.76. The zero-order chi connectivity index (χ0) is 19.9. The SMILES string of the molecule is CC(C(=O)Nc1ccc2c(c1)oc1ccccc12)S(=O)(=O)c1ccc(F)cc1. The number of carbonyl (C=O) groups is 1. The molecule has 4 rings (SSSR count). The van der Waals surface area contributed by atoms with E-state index < -0.39 is 26.8 Å². The maximum absolute atomic E-state index is 13.0. The third-order valence-electron chi connectivity index (χ3n) is 4.62. The van der Waals surface area contributed by atoms with Gasteiger partial charge < -0.3 is 9.73 Å². The first-order valence-electron chi connectivity index (χ1n) is 8.58. The number of fused-ring (bicyclic) bond motifs is 3. The molecule has 0 radical (unpaired) electrons. The van der Waals surface area contributed by atoms with Crippen LogP contribution in [0.3, 0.4) is 0 Å². The van der Waals surface area contributed by atoms with Gasteiger partial charge in [-0.05, 0) is 49.4 Å². The molecular formula is C21H16FNO4S. The zero-order valence-electron chi connectivity index (χ0n) is 14.8. The summed E-state index contributed by atoms with van der Waals surface area (Å²) in [6.45, 7) is 1.30. The molecule has 0 aliphatic carbocycles. The Bertz CT molecular complexity index is 1290. The molecule has 1 unspecified atom stereocenters. The van der Waals surface area contributed by atoms with Crippen LogP contribution in [0, 0.1) is 5.82 Å². The Morgan fingerprint density at radius 3 is 2.39 bits per heavy atom. The molecule has 0 bridgehead atoms. The van der Waals surface area contributed by atoms with Crippen LogP contribution in [0.4, 0.5) is 10.1 Å². The standard InChI is InChI=1S/C21H16FNO4S/c1-13(28(25,26)16-9-6-14(22)7-10-16)21(24)23-15-8-11-18-17-4-2-3-5-19(17)27-20(18)12-15/h2-13H,1H3,(H,23,24). The molecule has 1 heterocycles. The van der Waals surface area contributed by atoms with E-state index in [0.717, 1.165) is 40.6 Å². The van der Waals surface area contributed by atoms with Crippen molar-refractivity contribution in [3.05, 3.63) is 72.5 Å². The average Bonchev–Trinajstić information content (AvgIpc) is 3.05. The van der Waals surface area contributed by atoms with E-state index in [1.807, 2.05) is 30.3 Å². The number of amides is 1. The molecule has 0 saturated heterocycles. The van der Waals surface area contributed by atoms with Gasteiger partial charge in [0.05, 0.1) is 4.90 Å². The number of benzene rings is 3. The van der Waals surface area contributed by atoms with Gasteiger partial charge in [0, 0.05) is 22.5 Å². The van der Waals surface area contributed by atoms with E-state index in [2.05, 4.69) is 5.32 Å². The van der Waals surface area contributed by atoms with Crippen LogP contribution >= 0.6 is 0 Å². The Kier molecular flexibility index (Phi) is 4.39. The first kappa shape index (κ1) is 18.2. The molecule has 0 aliphatic heterocycles. The number of nitrogens with one attached hydrogen (secondary N) is 1. The van der Waals surface area contributed by atoms with Crippen molar-refractivity contribution in [1.82, 2.24) is 0 Å². The highest BCUT2D eigenvalue weighted by atomic mass is 32.2. The average molecular weight is 397 g/mol. The predicted octanol–water partition coefficient (Wildman–Crippen LogP) is 4.53. The summed E-state index contributed by atoms with van der Waals surface area (Å²) in [5.41, 5.74) is 1.75. The highest BCUT2D eigenvalue weighted by Gasteiger charge is 2.30. The number of sulfone groups is 1. The van der Waals surface area contributed by atoms with Crippen LogP contribution in [0.1, 0.15) is 6.92 Å². The van der Waals surface area contributed by atoms with Gasteiger partial charge in [0.2, 0.25) is 5.91 Å². The monoisotopic (exact) mass is 397 g/mol. The Balaban J connectivity index is 1.60. The Morgan fingerprint density at radius 2 is 1.64 bits per heavy atom. The minimum atomic E-state index is -3.94. The third-order valence-corrected chi connectivity index (χ3v) is 6.70. The molecule has 0 fully saturated rings. The summed E-state index contributed by atoms with van der Waals surface area (Å²) in [5, 5.41) is 3.13. The minimum Gasteiger partial charge on any atom is -0.456 e. The maximum atomic E-state index is 13.0. The van der Waals surface area contributed by atoms with E-state index >= 15 is 0 Å². The van der Waals surface area contributed by atoms with Gasteiger partial charge in [-0.25, -0.2) is 12.8 Å². The van der Waals surface area contributed by atoms with Crippen LogP contribution in [0.25, 0.3) is 21.9 Å². The van der Waals surface area contributed by atoms with Crippen LogP contribution in [-0.4, -0.2) is 19.6 Å². The van der Waals surface area contributed by atoms with Crippen molar-refractivity contribution in [3.63, 3.8) is 0 Å². The second-order valence-electron chi connectivity index (χ2n) is 6.44. The highest BCUT2D eigenvalue weighted by molar-refractivity contribution is 7.92. The topological polar surface area (TPSA) is 76.4 Å². The molecule has 1 aromatic heterocycles. The van der Waals surface area contributed by atoms with Gasteiger partial charge in [0.1, 0.15) is 22.2 Å². The zero-order valence-corrected chi connectivity index (χ0v) is 15.7. The molecule has 5 nitrogen and oxygen atoms in total. The van der Waals surface area contributed by atoms with E-state index in [-0.39, 0.29) is 4.90 Å². The lowest BCUT2D eigenvalue weighted by molar-refractivity contribution is -0.115. The quantitative estimate of drug-likeness (QED) is 0.514. The van der Waals surface area contributed by atoms with Crippen molar-refractivity contribution in [2.75, 3.05) is 5.32 Å². The van der Waals surface area contributed by atoms with Crippen LogP contribution in [-0.2, 0) is 14.6 Å². The molecule has 1 N–H and O–H groups in total. The number of carbonyl (C=O) groups excluding carboxylic acids is 1. The summed E-state index contributed by atoms with van der Waals surface area (Å²) in [6.07, 6.45) is 0. The minimum absolute atomic E-state index is 0.107. The van der Waals surface area contributed by atoms with Gasteiger partial charge in [-0.2, -0.15) is 0 Å². The highest BCUT2D eigenvalue weighted by Crippen LogP contribution is 2.30. The van der Waals surface area contributed by atoms with Crippen molar-refractivity contribution in [1.29, 1.82) is 0 Å². The van der Waals surface area contributed by atoms with Crippen molar-refractivity contribution in [2.24, 2.45) is 0 Å².